The number of nitrogens with zero attached hydrogens (tertiary/aromatic N) is 4. The van der Waals surface area contributed by atoms with Gasteiger partial charge in [-0.1, -0.05) is 35.5 Å². The molecule has 3 aromatic rings. The Morgan fingerprint density at radius 2 is 1.91 bits per heavy atom. The van der Waals surface area contributed by atoms with Crippen LogP contribution in [0.25, 0.3) is 11.3 Å². The fourth-order valence-corrected chi connectivity index (χ4v) is 4.28. The first kappa shape index (κ1) is 21.6. The number of hydrogen-bond acceptors (Lipinski definition) is 7. The first-order chi connectivity index (χ1) is 16.5. The van der Waals surface area contributed by atoms with Crippen LogP contribution in [0.1, 0.15) is 23.0 Å². The highest BCUT2D eigenvalue weighted by Crippen LogP contribution is 2.29. The van der Waals surface area contributed by atoms with Crippen LogP contribution in [0.5, 0.6) is 0 Å². The molecule has 10 heteroatoms. The summed E-state index contributed by atoms with van der Waals surface area (Å²) in [5, 5.41) is 11.3. The van der Waals surface area contributed by atoms with Crippen LogP contribution in [0.3, 0.4) is 0 Å². The normalized spacial score (nSPS) is 19.0. The van der Waals surface area contributed by atoms with E-state index in [-0.39, 0.29) is 18.4 Å². The highest BCUT2D eigenvalue weighted by atomic mass is 16.6. The number of amides is 2. The van der Waals surface area contributed by atoms with Gasteiger partial charge < -0.3 is 9.47 Å². The van der Waals surface area contributed by atoms with Crippen LogP contribution < -0.4 is 5.32 Å². The van der Waals surface area contributed by atoms with Gasteiger partial charge in [-0.3, -0.25) is 15.0 Å². The van der Waals surface area contributed by atoms with Crippen molar-refractivity contribution in [3.63, 3.8) is 0 Å². The van der Waals surface area contributed by atoms with Crippen molar-refractivity contribution in [3.8, 4) is 11.3 Å². The zero-order chi connectivity index (χ0) is 23.7. The Hall–Kier alpha value is -4.21. The van der Waals surface area contributed by atoms with Crippen molar-refractivity contribution in [2.24, 2.45) is 0 Å². The van der Waals surface area contributed by atoms with Gasteiger partial charge in [-0.15, -0.1) is 5.10 Å². The lowest BCUT2D eigenvalue weighted by atomic mass is 10.1. The van der Waals surface area contributed by atoms with Crippen molar-refractivity contribution in [1.29, 1.82) is 0 Å². The number of fused-ring (bicyclic) bond motifs is 2. The van der Waals surface area contributed by atoms with Gasteiger partial charge in [-0.2, -0.15) is 0 Å². The lowest BCUT2D eigenvalue weighted by Crippen LogP contribution is -2.41. The molecule has 0 unspecified atom stereocenters. The third kappa shape index (κ3) is 4.21. The van der Waals surface area contributed by atoms with Crippen LogP contribution in [0.4, 0.5) is 15.3 Å². The van der Waals surface area contributed by atoms with Gasteiger partial charge in [0.2, 0.25) is 0 Å². The van der Waals surface area contributed by atoms with E-state index >= 15 is 0 Å². The Labute approximate surface area is 195 Å². The number of ether oxygens (including phenoxy) is 2. The van der Waals surface area contributed by atoms with Crippen molar-refractivity contribution in [1.82, 2.24) is 19.9 Å². The van der Waals surface area contributed by atoms with E-state index in [1.165, 1.54) is 6.92 Å². The second kappa shape index (κ2) is 8.97. The van der Waals surface area contributed by atoms with Crippen LogP contribution in [-0.4, -0.2) is 63.2 Å². The Bertz CT molecular complexity index is 1220. The van der Waals surface area contributed by atoms with Crippen molar-refractivity contribution < 1.29 is 23.9 Å². The number of carbonyl (C=O) groups is 3. The minimum Gasteiger partial charge on any atom is -0.445 e. The summed E-state index contributed by atoms with van der Waals surface area (Å²) in [6.45, 7) is 2.23. The molecule has 2 amide bonds. The van der Waals surface area contributed by atoms with E-state index in [1.807, 2.05) is 30.3 Å². The maximum Gasteiger partial charge on any atom is 0.411 e. The van der Waals surface area contributed by atoms with Crippen molar-refractivity contribution in [2.45, 2.75) is 32.0 Å². The quantitative estimate of drug-likeness (QED) is 0.580. The highest BCUT2D eigenvalue weighted by Gasteiger charge is 2.44. The van der Waals surface area contributed by atoms with Crippen molar-refractivity contribution >= 4 is 23.7 Å². The van der Waals surface area contributed by atoms with E-state index in [0.717, 1.165) is 17.0 Å². The number of anilines is 1. The molecule has 1 aromatic heterocycles. The molecule has 2 aromatic carbocycles. The molecule has 1 fully saturated rings. The van der Waals surface area contributed by atoms with Crippen molar-refractivity contribution in [2.75, 3.05) is 18.5 Å². The fourth-order valence-electron chi connectivity index (χ4n) is 4.28. The molecular formula is C24H23N5O5. The summed E-state index contributed by atoms with van der Waals surface area (Å²) in [4.78, 5) is 37.8. The van der Waals surface area contributed by atoms with Gasteiger partial charge in [0.25, 0.3) is 0 Å². The lowest BCUT2D eigenvalue weighted by Gasteiger charge is -2.21. The molecular weight excluding hydrogens is 438 g/mol. The van der Waals surface area contributed by atoms with E-state index in [2.05, 4.69) is 15.6 Å². The molecule has 2 aliphatic rings. The smallest absolute Gasteiger partial charge is 0.411 e. The predicted molar refractivity (Wildman–Crippen MR) is 121 cm³/mol. The minimum absolute atomic E-state index is 0.0587. The third-order valence-electron chi connectivity index (χ3n) is 6.07. The van der Waals surface area contributed by atoms with Gasteiger partial charge >= 0.3 is 12.2 Å². The zero-order valence-electron chi connectivity index (χ0n) is 18.5. The maximum atomic E-state index is 12.5. The Kier molecular flexibility index (Phi) is 5.70. The molecule has 0 radical (unpaired) electrons. The summed E-state index contributed by atoms with van der Waals surface area (Å²) in [7, 11) is 0. The second-order valence-electron chi connectivity index (χ2n) is 8.22. The van der Waals surface area contributed by atoms with E-state index in [4.69, 9.17) is 9.47 Å². The molecule has 1 N–H and O–H groups in total. The number of carbonyl (C=O) groups excluding carboxylic acids is 3. The van der Waals surface area contributed by atoms with Crippen LogP contribution in [0.15, 0.2) is 54.6 Å². The Morgan fingerprint density at radius 3 is 2.65 bits per heavy atom. The number of nitrogens with one attached hydrogen (secondary N) is 1. The molecule has 0 bridgehead atoms. The molecule has 0 aliphatic carbocycles. The molecule has 2 atom stereocenters. The highest BCUT2D eigenvalue weighted by molar-refractivity contribution is 5.95. The van der Waals surface area contributed by atoms with Gasteiger partial charge in [0, 0.05) is 29.8 Å². The summed E-state index contributed by atoms with van der Waals surface area (Å²) < 4.78 is 12.6. The lowest BCUT2D eigenvalue weighted by molar-refractivity contribution is 0.0650. The molecule has 2 aliphatic heterocycles. The fraction of sp³-hybridized carbons (Fsp3) is 0.292. The summed E-state index contributed by atoms with van der Waals surface area (Å²) >= 11 is 0. The summed E-state index contributed by atoms with van der Waals surface area (Å²) in [5.41, 5.74) is 3.78. The number of rotatable bonds is 5. The summed E-state index contributed by atoms with van der Waals surface area (Å²) in [5.74, 6) is -0.0587. The largest absolute Gasteiger partial charge is 0.445 e. The third-order valence-corrected chi connectivity index (χ3v) is 6.07. The van der Waals surface area contributed by atoms with E-state index in [9.17, 15) is 14.4 Å². The summed E-state index contributed by atoms with van der Waals surface area (Å²) in [6, 6.07) is 16.0. The number of cyclic esters (lactones) is 1. The summed E-state index contributed by atoms with van der Waals surface area (Å²) in [6.07, 6.45) is -1.15. The maximum absolute atomic E-state index is 12.5. The first-order valence-corrected chi connectivity index (χ1v) is 11.0. The number of aromatic nitrogens is 3. The second-order valence-corrected chi connectivity index (χ2v) is 8.22. The topological polar surface area (TPSA) is 116 Å². The molecule has 3 heterocycles. The monoisotopic (exact) mass is 461 g/mol. The van der Waals surface area contributed by atoms with Gasteiger partial charge in [0.15, 0.2) is 11.9 Å². The van der Waals surface area contributed by atoms with Gasteiger partial charge in [-0.25, -0.2) is 14.3 Å². The zero-order valence-corrected chi connectivity index (χ0v) is 18.5. The van der Waals surface area contributed by atoms with Crippen LogP contribution in [0.2, 0.25) is 0 Å². The molecule has 0 spiro atoms. The molecule has 5 rings (SSSR count). The van der Waals surface area contributed by atoms with Crippen molar-refractivity contribution in [3.05, 3.63) is 65.9 Å². The standard InChI is InChI=1S/C24H23N5O5/c1-15(30)16-7-9-18(10-8-16)25-23(31)33-14-21-20-13-29-19(11-12-28(20)24(32)34-21)22(26-27-29)17-5-3-2-4-6-17/h2-10,20-21H,11-14H2,1H3,(H,25,31)/t20-,21-/m1/s1. The number of ketones is 1. The SMILES string of the molecule is CC(=O)c1ccc(NC(=O)OC[C@H]2OC(=O)N3CCc4c(-c5ccccc5)nnn4C[C@H]23)cc1. The Morgan fingerprint density at radius 1 is 1.15 bits per heavy atom. The average molecular weight is 461 g/mol. The first-order valence-electron chi connectivity index (χ1n) is 11.0. The van der Waals surface area contributed by atoms with Gasteiger partial charge in [0.05, 0.1) is 18.3 Å². The number of Topliss-reactive ketones (excluding diaryl/α,β-unsaturated/α-hetero) is 1. The van der Waals surface area contributed by atoms with Crippen LogP contribution >= 0.6 is 0 Å². The van der Waals surface area contributed by atoms with Gasteiger partial charge in [0.1, 0.15) is 12.3 Å². The van der Waals surface area contributed by atoms with E-state index in [0.29, 0.717) is 30.8 Å². The van der Waals surface area contributed by atoms with Crippen LogP contribution in [0, 0.1) is 0 Å². The van der Waals surface area contributed by atoms with Crippen LogP contribution in [-0.2, 0) is 22.4 Å². The molecule has 1 saturated heterocycles. The van der Waals surface area contributed by atoms with E-state index in [1.54, 1.807) is 33.8 Å². The number of hydrogen-bond donors (Lipinski definition) is 1. The average Bonchev–Trinajstić information content (AvgIpc) is 3.31. The molecule has 34 heavy (non-hydrogen) atoms. The molecule has 10 nitrogen and oxygen atoms in total. The predicted octanol–water partition coefficient (Wildman–Crippen LogP) is 3.14. The Balaban J connectivity index is 1.25. The number of benzene rings is 2. The van der Waals surface area contributed by atoms with E-state index < -0.39 is 18.3 Å². The molecule has 174 valence electrons. The molecule has 0 saturated carbocycles. The minimum atomic E-state index is -0.675. The van der Waals surface area contributed by atoms with Gasteiger partial charge in [-0.05, 0) is 31.2 Å².